The average Bonchev–Trinajstić information content (AvgIpc) is 2.56. The second-order valence-electron chi connectivity index (χ2n) is 4.80. The predicted molar refractivity (Wildman–Crippen MR) is 86.9 cm³/mol. The van der Waals surface area contributed by atoms with Gasteiger partial charge in [0.15, 0.2) is 0 Å². The summed E-state index contributed by atoms with van der Waals surface area (Å²) in [7, 11) is -0.619. The zero-order chi connectivity index (χ0) is 17.3. The minimum atomic E-state index is -3.71. The van der Waals surface area contributed by atoms with E-state index in [1.165, 1.54) is 19.2 Å². The van der Waals surface area contributed by atoms with Crippen LogP contribution >= 0.6 is 0 Å². The molecule has 0 aliphatic heterocycles. The highest BCUT2D eigenvalue weighted by molar-refractivity contribution is 7.89. The van der Waals surface area contributed by atoms with Gasteiger partial charge in [0.25, 0.3) is 0 Å². The molecule has 1 amide bonds. The van der Waals surface area contributed by atoms with Gasteiger partial charge in [0, 0.05) is 26.8 Å². The summed E-state index contributed by atoms with van der Waals surface area (Å²) in [6, 6.07) is 6.08. The van der Waals surface area contributed by atoms with Crippen molar-refractivity contribution in [2.75, 3.05) is 40.5 Å². The topological polar surface area (TPSA) is 84.9 Å². The zero-order valence-electron chi connectivity index (χ0n) is 13.7. The van der Waals surface area contributed by atoms with Crippen LogP contribution in [0.25, 0.3) is 0 Å². The van der Waals surface area contributed by atoms with Crippen LogP contribution in [0, 0.1) is 0 Å². The molecule has 0 radical (unpaired) electrons. The van der Waals surface area contributed by atoms with Crippen LogP contribution in [0.4, 0.5) is 0 Å². The highest BCUT2D eigenvalue weighted by Crippen LogP contribution is 2.19. The second-order valence-corrected chi connectivity index (χ2v) is 6.74. The lowest BCUT2D eigenvalue weighted by atomic mass is 10.3. The molecular formula is C15H24N2O5S. The van der Waals surface area contributed by atoms with E-state index in [0.717, 1.165) is 4.31 Å². The molecule has 0 aliphatic carbocycles. The fraction of sp³-hybridized carbons (Fsp3) is 0.533. The van der Waals surface area contributed by atoms with Crippen LogP contribution in [0.2, 0.25) is 0 Å². The fourth-order valence-electron chi connectivity index (χ4n) is 1.92. The molecule has 0 fully saturated rings. The van der Waals surface area contributed by atoms with Crippen LogP contribution in [0.3, 0.4) is 0 Å². The van der Waals surface area contributed by atoms with E-state index in [4.69, 9.17) is 9.47 Å². The Balaban J connectivity index is 2.72. The van der Waals surface area contributed by atoms with E-state index in [9.17, 15) is 13.2 Å². The van der Waals surface area contributed by atoms with Gasteiger partial charge >= 0.3 is 0 Å². The summed E-state index contributed by atoms with van der Waals surface area (Å²) in [6.07, 6.45) is 0.680. The van der Waals surface area contributed by atoms with Gasteiger partial charge in [0.05, 0.1) is 18.6 Å². The minimum absolute atomic E-state index is 0.132. The molecule has 130 valence electrons. The number of carbonyl (C=O) groups is 1. The first-order valence-corrected chi connectivity index (χ1v) is 8.79. The lowest BCUT2D eigenvalue weighted by Gasteiger charge is -2.20. The predicted octanol–water partition coefficient (Wildman–Crippen LogP) is 0.859. The number of rotatable bonds is 10. The molecule has 0 atom stereocenters. The van der Waals surface area contributed by atoms with E-state index in [1.54, 1.807) is 26.2 Å². The number of amides is 1. The molecule has 0 heterocycles. The maximum Gasteiger partial charge on any atom is 0.243 e. The summed E-state index contributed by atoms with van der Waals surface area (Å²) in [5.74, 6) is 0.239. The van der Waals surface area contributed by atoms with E-state index in [2.05, 4.69) is 5.32 Å². The average molecular weight is 344 g/mol. The Bertz CT molecular complexity index is 586. The number of likely N-dealkylation sites (N-methyl/N-ethyl adjacent to an activating group) is 1. The summed E-state index contributed by atoms with van der Waals surface area (Å²) in [5, 5.41) is 2.68. The highest BCUT2D eigenvalue weighted by Gasteiger charge is 2.25. The Labute approximate surface area is 137 Å². The molecule has 1 N–H and O–H groups in total. The number of sulfonamides is 1. The lowest BCUT2D eigenvalue weighted by molar-refractivity contribution is -0.121. The molecule has 0 saturated carbocycles. The van der Waals surface area contributed by atoms with Crippen LogP contribution in [-0.2, 0) is 19.6 Å². The zero-order valence-corrected chi connectivity index (χ0v) is 14.6. The van der Waals surface area contributed by atoms with E-state index in [1.807, 2.05) is 0 Å². The smallest absolute Gasteiger partial charge is 0.243 e. The van der Waals surface area contributed by atoms with Crippen LogP contribution in [0.15, 0.2) is 29.2 Å². The molecule has 1 aromatic carbocycles. The standard InChI is InChI=1S/C15H24N2O5S/c1-4-17(12-15(18)16-10-5-11-21-2)23(19,20)14-8-6-13(22-3)7-9-14/h6-9H,4-5,10-12H2,1-3H3,(H,16,18). The van der Waals surface area contributed by atoms with Gasteiger partial charge in [-0.05, 0) is 30.7 Å². The van der Waals surface area contributed by atoms with Gasteiger partial charge < -0.3 is 14.8 Å². The summed E-state index contributed by atoms with van der Waals surface area (Å²) < 4.78 is 36.2. The quantitative estimate of drug-likeness (QED) is 0.636. The Kier molecular flexibility index (Phi) is 8.01. The number of hydrogen-bond donors (Lipinski definition) is 1. The van der Waals surface area contributed by atoms with Crippen LogP contribution in [0.1, 0.15) is 13.3 Å². The van der Waals surface area contributed by atoms with Gasteiger partial charge in [-0.3, -0.25) is 4.79 Å². The molecule has 0 spiro atoms. The number of nitrogens with zero attached hydrogens (tertiary/aromatic N) is 1. The lowest BCUT2D eigenvalue weighted by Crippen LogP contribution is -2.40. The number of nitrogens with one attached hydrogen (secondary N) is 1. The van der Waals surface area contributed by atoms with Crippen LogP contribution < -0.4 is 10.1 Å². The highest BCUT2D eigenvalue weighted by atomic mass is 32.2. The van der Waals surface area contributed by atoms with E-state index in [-0.39, 0.29) is 23.9 Å². The molecule has 8 heteroatoms. The largest absolute Gasteiger partial charge is 0.497 e. The maximum atomic E-state index is 12.6. The number of carbonyl (C=O) groups excluding carboxylic acids is 1. The van der Waals surface area contributed by atoms with Crippen molar-refractivity contribution in [3.8, 4) is 5.75 Å². The molecule has 0 saturated heterocycles. The third kappa shape index (κ3) is 5.81. The molecule has 23 heavy (non-hydrogen) atoms. The molecule has 0 aromatic heterocycles. The third-order valence-electron chi connectivity index (χ3n) is 3.22. The van der Waals surface area contributed by atoms with Gasteiger partial charge in [-0.2, -0.15) is 4.31 Å². The SMILES string of the molecule is CCN(CC(=O)NCCCOC)S(=O)(=O)c1ccc(OC)cc1. The Hall–Kier alpha value is -1.64. The number of ether oxygens (including phenoxy) is 2. The Morgan fingerprint density at radius 3 is 2.39 bits per heavy atom. The first-order chi connectivity index (χ1) is 11.0. The van der Waals surface area contributed by atoms with Crippen molar-refractivity contribution in [1.29, 1.82) is 0 Å². The Morgan fingerprint density at radius 1 is 1.22 bits per heavy atom. The normalized spacial score (nSPS) is 11.5. The van der Waals surface area contributed by atoms with Gasteiger partial charge in [0.2, 0.25) is 15.9 Å². The van der Waals surface area contributed by atoms with Crippen molar-refractivity contribution in [3.05, 3.63) is 24.3 Å². The maximum absolute atomic E-state index is 12.6. The molecule has 0 aliphatic rings. The van der Waals surface area contributed by atoms with Crippen LogP contribution in [0.5, 0.6) is 5.75 Å². The molecule has 1 aromatic rings. The molecule has 7 nitrogen and oxygen atoms in total. The van der Waals surface area contributed by atoms with Gasteiger partial charge in [-0.25, -0.2) is 8.42 Å². The number of hydrogen-bond acceptors (Lipinski definition) is 5. The number of benzene rings is 1. The fourth-order valence-corrected chi connectivity index (χ4v) is 3.33. The van der Waals surface area contributed by atoms with Crippen molar-refractivity contribution in [2.45, 2.75) is 18.2 Å². The van der Waals surface area contributed by atoms with E-state index < -0.39 is 10.0 Å². The van der Waals surface area contributed by atoms with E-state index >= 15 is 0 Å². The molecule has 0 bridgehead atoms. The minimum Gasteiger partial charge on any atom is -0.497 e. The van der Waals surface area contributed by atoms with Crippen LogP contribution in [-0.4, -0.2) is 59.1 Å². The summed E-state index contributed by atoms with van der Waals surface area (Å²) >= 11 is 0. The summed E-state index contributed by atoms with van der Waals surface area (Å²) in [6.45, 7) is 2.69. The molecular weight excluding hydrogens is 320 g/mol. The van der Waals surface area contributed by atoms with Crippen molar-refractivity contribution in [2.24, 2.45) is 0 Å². The van der Waals surface area contributed by atoms with Crippen molar-refractivity contribution >= 4 is 15.9 Å². The first kappa shape index (κ1) is 19.4. The Morgan fingerprint density at radius 2 is 1.87 bits per heavy atom. The monoisotopic (exact) mass is 344 g/mol. The third-order valence-corrected chi connectivity index (χ3v) is 5.15. The molecule has 0 unspecified atom stereocenters. The molecule has 1 rings (SSSR count). The summed E-state index contributed by atoms with van der Waals surface area (Å²) in [4.78, 5) is 12.0. The van der Waals surface area contributed by atoms with E-state index in [0.29, 0.717) is 25.3 Å². The van der Waals surface area contributed by atoms with Crippen molar-refractivity contribution < 1.29 is 22.7 Å². The van der Waals surface area contributed by atoms with Gasteiger partial charge in [-0.15, -0.1) is 0 Å². The number of methoxy groups -OCH3 is 2. The second kappa shape index (κ2) is 9.49. The van der Waals surface area contributed by atoms with Gasteiger partial charge in [-0.1, -0.05) is 6.92 Å². The van der Waals surface area contributed by atoms with Gasteiger partial charge in [0.1, 0.15) is 5.75 Å². The van der Waals surface area contributed by atoms with Crippen molar-refractivity contribution in [3.63, 3.8) is 0 Å². The first-order valence-electron chi connectivity index (χ1n) is 7.35. The summed E-state index contributed by atoms with van der Waals surface area (Å²) in [5.41, 5.74) is 0. The van der Waals surface area contributed by atoms with Crippen molar-refractivity contribution in [1.82, 2.24) is 9.62 Å².